The van der Waals surface area contributed by atoms with Gasteiger partial charge < -0.3 is 5.32 Å². The van der Waals surface area contributed by atoms with Crippen molar-refractivity contribution in [2.45, 2.75) is 25.8 Å². The molecule has 0 saturated carbocycles. The van der Waals surface area contributed by atoms with Gasteiger partial charge in [0.25, 0.3) is 5.91 Å². The lowest BCUT2D eigenvalue weighted by atomic mass is 10.0. The molecule has 0 saturated heterocycles. The molecule has 1 unspecified atom stereocenters. The van der Waals surface area contributed by atoms with E-state index in [-0.39, 0.29) is 11.9 Å². The Hall–Kier alpha value is -2.21. The molecule has 1 aromatic carbocycles. The first-order chi connectivity index (χ1) is 11.2. The molecule has 23 heavy (non-hydrogen) atoms. The lowest BCUT2D eigenvalue weighted by Crippen LogP contribution is -2.29. The Morgan fingerprint density at radius 2 is 2.13 bits per heavy atom. The van der Waals surface area contributed by atoms with Gasteiger partial charge in [-0.15, -0.1) is 0 Å². The maximum absolute atomic E-state index is 12.7. The van der Waals surface area contributed by atoms with Gasteiger partial charge in [0.2, 0.25) is 0 Å². The summed E-state index contributed by atoms with van der Waals surface area (Å²) in [7, 11) is 0. The molecule has 1 amide bonds. The summed E-state index contributed by atoms with van der Waals surface area (Å²) >= 11 is 3.42. The first-order valence-electron chi connectivity index (χ1n) is 7.54. The second-order valence-corrected chi connectivity index (χ2v) is 6.14. The number of nitrogens with zero attached hydrogens (tertiary/aromatic N) is 3. The normalized spacial score (nSPS) is 12.3. The minimum absolute atomic E-state index is 0.0301. The van der Waals surface area contributed by atoms with Crippen LogP contribution in [0.4, 0.5) is 0 Å². The molecule has 2 aromatic heterocycles. The number of nitrogens with one attached hydrogen (secondary N) is 1. The van der Waals surface area contributed by atoms with E-state index in [0.29, 0.717) is 11.2 Å². The minimum atomic E-state index is -0.195. The molecular weight excluding hydrogens is 356 g/mol. The number of carbonyl (C=O) groups is 1. The summed E-state index contributed by atoms with van der Waals surface area (Å²) in [6, 6.07) is 9.97. The van der Waals surface area contributed by atoms with Crippen LogP contribution in [0.15, 0.2) is 53.4 Å². The summed E-state index contributed by atoms with van der Waals surface area (Å²) in [6.45, 7) is 2.11. The molecule has 0 fully saturated rings. The molecule has 0 bridgehead atoms. The summed E-state index contributed by atoms with van der Waals surface area (Å²) in [5, 5.41) is 7.28. The fourth-order valence-electron chi connectivity index (χ4n) is 2.60. The Morgan fingerprint density at radius 1 is 1.35 bits per heavy atom. The van der Waals surface area contributed by atoms with E-state index in [2.05, 4.69) is 38.3 Å². The number of fused-ring (bicyclic) bond motifs is 1. The van der Waals surface area contributed by atoms with Crippen molar-refractivity contribution in [1.29, 1.82) is 0 Å². The van der Waals surface area contributed by atoms with Gasteiger partial charge in [0.1, 0.15) is 5.52 Å². The van der Waals surface area contributed by atoms with Crippen LogP contribution in [0.5, 0.6) is 0 Å². The molecule has 0 aliphatic carbocycles. The van der Waals surface area contributed by atoms with Crippen LogP contribution in [-0.2, 0) is 0 Å². The molecule has 5 nitrogen and oxygen atoms in total. The van der Waals surface area contributed by atoms with E-state index in [1.54, 1.807) is 23.1 Å². The van der Waals surface area contributed by atoms with Crippen molar-refractivity contribution in [1.82, 2.24) is 19.9 Å². The maximum atomic E-state index is 12.7. The van der Waals surface area contributed by atoms with Crippen molar-refractivity contribution in [3.8, 4) is 0 Å². The topological polar surface area (TPSA) is 59.3 Å². The van der Waals surface area contributed by atoms with Crippen LogP contribution in [0.3, 0.4) is 0 Å². The summed E-state index contributed by atoms with van der Waals surface area (Å²) in [5.74, 6) is -0.195. The summed E-state index contributed by atoms with van der Waals surface area (Å²) in [6.07, 6.45) is 6.82. The van der Waals surface area contributed by atoms with Crippen molar-refractivity contribution in [2.75, 3.05) is 0 Å². The van der Waals surface area contributed by atoms with E-state index in [0.717, 1.165) is 22.9 Å². The van der Waals surface area contributed by atoms with Gasteiger partial charge in [-0.2, -0.15) is 5.10 Å². The van der Waals surface area contributed by atoms with Crippen LogP contribution in [0, 0.1) is 0 Å². The Bertz CT molecular complexity index is 816. The third-order valence-electron chi connectivity index (χ3n) is 3.69. The van der Waals surface area contributed by atoms with Crippen molar-refractivity contribution < 1.29 is 4.79 Å². The van der Waals surface area contributed by atoms with Gasteiger partial charge in [0.05, 0.1) is 16.7 Å². The fraction of sp³-hybridized carbons (Fsp3) is 0.235. The van der Waals surface area contributed by atoms with Gasteiger partial charge in [0, 0.05) is 12.4 Å². The number of halogens is 1. The fourth-order valence-corrected chi connectivity index (χ4v) is 3.06. The van der Waals surface area contributed by atoms with Crippen molar-refractivity contribution in [2.24, 2.45) is 0 Å². The second kappa shape index (κ2) is 6.91. The molecule has 3 rings (SSSR count). The quantitative estimate of drug-likeness (QED) is 0.741. The molecule has 0 spiro atoms. The molecule has 1 N–H and O–H groups in total. The zero-order valence-electron chi connectivity index (χ0n) is 12.7. The number of hydrogen-bond acceptors (Lipinski definition) is 3. The zero-order valence-corrected chi connectivity index (χ0v) is 14.3. The maximum Gasteiger partial charge on any atom is 0.272 e. The molecule has 3 aromatic rings. The molecular formula is C17H17BrN4O. The number of carbonyl (C=O) groups excluding carboxylic acids is 1. The van der Waals surface area contributed by atoms with E-state index >= 15 is 0 Å². The average molecular weight is 373 g/mol. The van der Waals surface area contributed by atoms with Crippen LogP contribution in [-0.4, -0.2) is 20.5 Å². The highest BCUT2D eigenvalue weighted by molar-refractivity contribution is 9.10. The molecule has 1 atom stereocenters. The van der Waals surface area contributed by atoms with Crippen LogP contribution in [0.1, 0.15) is 41.9 Å². The molecule has 2 heterocycles. The number of rotatable bonds is 5. The van der Waals surface area contributed by atoms with Crippen LogP contribution in [0.2, 0.25) is 0 Å². The van der Waals surface area contributed by atoms with E-state index < -0.39 is 0 Å². The molecule has 118 valence electrons. The smallest absolute Gasteiger partial charge is 0.272 e. The lowest BCUT2D eigenvalue weighted by molar-refractivity contribution is 0.0930. The van der Waals surface area contributed by atoms with Crippen LogP contribution in [0.25, 0.3) is 5.52 Å². The molecule has 0 aliphatic heterocycles. The highest BCUT2D eigenvalue weighted by Gasteiger charge is 2.19. The van der Waals surface area contributed by atoms with Gasteiger partial charge >= 0.3 is 0 Å². The first-order valence-corrected chi connectivity index (χ1v) is 8.33. The van der Waals surface area contributed by atoms with E-state index in [1.807, 2.05) is 30.3 Å². The Morgan fingerprint density at radius 3 is 2.87 bits per heavy atom. The summed E-state index contributed by atoms with van der Waals surface area (Å²) < 4.78 is 2.39. The average Bonchev–Trinajstić information content (AvgIpc) is 2.97. The lowest BCUT2D eigenvalue weighted by Gasteiger charge is -2.18. The van der Waals surface area contributed by atoms with Crippen molar-refractivity contribution in [3.63, 3.8) is 0 Å². The SMILES string of the molecule is CCCC(NC(=O)c1nccn2ncc(Br)c12)c1ccccc1. The Kier molecular flexibility index (Phi) is 4.71. The minimum Gasteiger partial charge on any atom is -0.344 e. The van der Waals surface area contributed by atoms with Gasteiger partial charge in [-0.25, -0.2) is 9.50 Å². The van der Waals surface area contributed by atoms with Gasteiger partial charge in [-0.1, -0.05) is 43.7 Å². The molecule has 0 aliphatic rings. The van der Waals surface area contributed by atoms with E-state index in [9.17, 15) is 4.79 Å². The van der Waals surface area contributed by atoms with Crippen LogP contribution >= 0.6 is 15.9 Å². The van der Waals surface area contributed by atoms with E-state index in [1.165, 1.54) is 0 Å². The summed E-state index contributed by atoms with van der Waals surface area (Å²) in [5.41, 5.74) is 2.14. The molecule has 6 heteroatoms. The number of aromatic nitrogens is 3. The third kappa shape index (κ3) is 3.27. The standard InChI is InChI=1S/C17H17BrN4O/c1-2-6-14(12-7-4-3-5-8-12)21-17(23)15-16-13(18)11-20-22(16)10-9-19-15/h3-5,7-11,14H,2,6H2,1H3,(H,21,23). The number of benzene rings is 1. The second-order valence-electron chi connectivity index (χ2n) is 5.29. The van der Waals surface area contributed by atoms with Gasteiger partial charge in [0.15, 0.2) is 5.69 Å². The van der Waals surface area contributed by atoms with Crippen LogP contribution < -0.4 is 5.32 Å². The molecule has 0 radical (unpaired) electrons. The van der Waals surface area contributed by atoms with Crippen molar-refractivity contribution in [3.05, 3.63) is 64.7 Å². The largest absolute Gasteiger partial charge is 0.344 e. The highest BCUT2D eigenvalue weighted by Crippen LogP contribution is 2.22. The third-order valence-corrected chi connectivity index (χ3v) is 4.27. The summed E-state index contributed by atoms with van der Waals surface area (Å²) in [4.78, 5) is 17.0. The Balaban J connectivity index is 1.91. The predicted molar refractivity (Wildman–Crippen MR) is 92.2 cm³/mol. The van der Waals surface area contributed by atoms with E-state index in [4.69, 9.17) is 0 Å². The Labute approximate surface area is 142 Å². The monoisotopic (exact) mass is 372 g/mol. The zero-order chi connectivity index (χ0) is 16.2. The number of amides is 1. The van der Waals surface area contributed by atoms with Gasteiger partial charge in [-0.3, -0.25) is 4.79 Å². The highest BCUT2D eigenvalue weighted by atomic mass is 79.9. The van der Waals surface area contributed by atoms with Crippen molar-refractivity contribution >= 4 is 27.4 Å². The predicted octanol–water partition coefficient (Wildman–Crippen LogP) is 3.76. The number of hydrogen-bond donors (Lipinski definition) is 1. The first kappa shape index (κ1) is 15.7. The van der Waals surface area contributed by atoms with Gasteiger partial charge in [-0.05, 0) is 27.9 Å².